The van der Waals surface area contributed by atoms with Crippen LogP contribution in [0, 0.1) is 19.7 Å². The van der Waals surface area contributed by atoms with Gasteiger partial charge in [0, 0.05) is 31.1 Å². The fraction of sp³-hybridized carbons (Fsp3) is 0.520. The molecule has 1 aliphatic carbocycles. The van der Waals surface area contributed by atoms with Gasteiger partial charge in [-0.15, -0.1) is 0 Å². The normalized spacial score (nSPS) is 19.8. The van der Waals surface area contributed by atoms with E-state index in [1.54, 1.807) is 19.9 Å². The van der Waals surface area contributed by atoms with Crippen molar-refractivity contribution in [2.75, 3.05) is 13.1 Å². The van der Waals surface area contributed by atoms with E-state index in [0.717, 1.165) is 31.2 Å². The van der Waals surface area contributed by atoms with Gasteiger partial charge in [-0.3, -0.25) is 14.4 Å². The molecule has 2 aromatic rings. The Morgan fingerprint density at radius 2 is 1.85 bits per heavy atom. The number of piperazine rings is 1. The molecule has 1 atom stereocenters. The highest BCUT2D eigenvalue weighted by molar-refractivity contribution is 5.98. The molecule has 1 saturated carbocycles. The summed E-state index contributed by atoms with van der Waals surface area (Å²) < 4.78 is 14.7. The molecule has 0 spiro atoms. The zero-order valence-electron chi connectivity index (χ0n) is 19.5. The zero-order chi connectivity index (χ0) is 23.7. The van der Waals surface area contributed by atoms with Crippen molar-refractivity contribution in [3.8, 4) is 0 Å². The van der Waals surface area contributed by atoms with Crippen LogP contribution in [-0.2, 0) is 11.2 Å². The van der Waals surface area contributed by atoms with Gasteiger partial charge in [-0.25, -0.2) is 9.49 Å². The Morgan fingerprint density at radius 3 is 2.58 bits per heavy atom. The van der Waals surface area contributed by atoms with E-state index in [0.29, 0.717) is 36.3 Å². The van der Waals surface area contributed by atoms with E-state index in [1.165, 1.54) is 23.5 Å². The van der Waals surface area contributed by atoms with Crippen LogP contribution in [0.4, 0.5) is 4.39 Å². The molecular weight excluding hydrogens is 423 g/mol. The topological polar surface area (TPSA) is 86.4 Å². The van der Waals surface area contributed by atoms with Gasteiger partial charge in [0.1, 0.15) is 11.9 Å². The van der Waals surface area contributed by atoms with Crippen LogP contribution < -0.4 is 5.56 Å². The van der Waals surface area contributed by atoms with Gasteiger partial charge < -0.3 is 9.80 Å². The van der Waals surface area contributed by atoms with Crippen molar-refractivity contribution in [3.05, 3.63) is 62.3 Å². The van der Waals surface area contributed by atoms with Gasteiger partial charge in [0.05, 0.1) is 11.3 Å². The quantitative estimate of drug-likeness (QED) is 0.769. The third kappa shape index (κ3) is 4.56. The molecule has 2 aliphatic rings. The second-order valence-corrected chi connectivity index (χ2v) is 9.24. The van der Waals surface area contributed by atoms with E-state index in [2.05, 4.69) is 10.2 Å². The summed E-state index contributed by atoms with van der Waals surface area (Å²) in [5, 5.41) is 6.59. The highest BCUT2D eigenvalue weighted by Gasteiger charge is 2.38. The Morgan fingerprint density at radius 1 is 1.12 bits per heavy atom. The summed E-state index contributed by atoms with van der Waals surface area (Å²) in [6, 6.07) is 4.05. The number of amides is 2. The summed E-state index contributed by atoms with van der Waals surface area (Å²) in [6.45, 7) is 6.16. The first-order valence-corrected chi connectivity index (χ1v) is 11.7. The molecule has 1 aromatic heterocycles. The highest BCUT2D eigenvalue weighted by Crippen LogP contribution is 2.27. The predicted molar refractivity (Wildman–Crippen MR) is 123 cm³/mol. The van der Waals surface area contributed by atoms with Crippen LogP contribution in [0.2, 0.25) is 0 Å². The number of H-pyrrole nitrogens is 1. The van der Waals surface area contributed by atoms with Gasteiger partial charge in [-0.05, 0) is 56.9 Å². The lowest BCUT2D eigenvalue weighted by Crippen LogP contribution is -2.60. The molecular formula is C25H31FN4O3. The Kier molecular flexibility index (Phi) is 6.63. The van der Waals surface area contributed by atoms with Crippen LogP contribution in [0.3, 0.4) is 0 Å². The summed E-state index contributed by atoms with van der Waals surface area (Å²) in [6.07, 6.45) is 5.86. The summed E-state index contributed by atoms with van der Waals surface area (Å²) >= 11 is 0. The van der Waals surface area contributed by atoms with Crippen molar-refractivity contribution in [3.63, 3.8) is 0 Å². The molecule has 8 heteroatoms. The van der Waals surface area contributed by atoms with Gasteiger partial charge in [-0.1, -0.05) is 25.3 Å². The molecule has 7 nitrogen and oxygen atoms in total. The zero-order valence-corrected chi connectivity index (χ0v) is 19.5. The first kappa shape index (κ1) is 23.1. The largest absolute Gasteiger partial charge is 0.336 e. The molecule has 2 amide bonds. The van der Waals surface area contributed by atoms with Crippen LogP contribution in [-0.4, -0.2) is 57.0 Å². The van der Waals surface area contributed by atoms with Crippen molar-refractivity contribution < 1.29 is 14.0 Å². The van der Waals surface area contributed by atoms with Gasteiger partial charge in [-0.2, -0.15) is 5.10 Å². The number of carbonyl (C=O) groups is 2. The fourth-order valence-electron chi connectivity index (χ4n) is 4.96. The van der Waals surface area contributed by atoms with E-state index in [4.69, 9.17) is 0 Å². The SMILES string of the molecule is Cc1c(Cc2ccc(F)c(C(=O)N3CCN(C4CCCCC4)C(=O)C3C)c2)n[nH]c(=O)c1C. The number of carbonyl (C=O) groups excluding carboxylic acids is 2. The van der Waals surface area contributed by atoms with Crippen LogP contribution >= 0.6 is 0 Å². The first-order chi connectivity index (χ1) is 15.8. The summed E-state index contributed by atoms with van der Waals surface area (Å²) in [5.41, 5.74) is 2.45. The number of aromatic amines is 1. The van der Waals surface area contributed by atoms with Crippen molar-refractivity contribution >= 4 is 11.8 Å². The monoisotopic (exact) mass is 454 g/mol. The number of halogens is 1. The minimum absolute atomic E-state index is 0.0444. The average Bonchev–Trinajstić information content (AvgIpc) is 2.82. The highest BCUT2D eigenvalue weighted by atomic mass is 19.1. The Balaban J connectivity index is 1.53. The third-order valence-corrected chi connectivity index (χ3v) is 7.23. The minimum atomic E-state index is -0.623. The van der Waals surface area contributed by atoms with Gasteiger partial charge in [0.15, 0.2) is 0 Å². The number of rotatable bonds is 4. The second kappa shape index (κ2) is 9.45. The number of benzene rings is 1. The van der Waals surface area contributed by atoms with Crippen molar-refractivity contribution in [2.24, 2.45) is 0 Å². The lowest BCUT2D eigenvalue weighted by atomic mass is 9.93. The Hall–Kier alpha value is -3.03. The molecule has 0 radical (unpaired) electrons. The van der Waals surface area contributed by atoms with E-state index in [1.807, 2.05) is 11.8 Å². The summed E-state index contributed by atoms with van der Waals surface area (Å²) in [4.78, 5) is 41.5. The molecule has 1 aromatic carbocycles. The van der Waals surface area contributed by atoms with Crippen molar-refractivity contribution in [1.29, 1.82) is 0 Å². The minimum Gasteiger partial charge on any atom is -0.336 e. The Bertz CT molecular complexity index is 1120. The van der Waals surface area contributed by atoms with E-state index in [9.17, 15) is 18.8 Å². The van der Waals surface area contributed by atoms with Crippen molar-refractivity contribution in [1.82, 2.24) is 20.0 Å². The maximum Gasteiger partial charge on any atom is 0.267 e. The fourth-order valence-corrected chi connectivity index (χ4v) is 4.96. The maximum absolute atomic E-state index is 14.7. The first-order valence-electron chi connectivity index (χ1n) is 11.7. The third-order valence-electron chi connectivity index (χ3n) is 7.23. The second-order valence-electron chi connectivity index (χ2n) is 9.24. The standard InChI is InChI=1S/C25H31FN4O3/c1-15-16(2)23(31)28-27-22(15)14-18-9-10-21(26)20(13-18)25(33)29-11-12-30(24(32)17(29)3)19-7-5-4-6-8-19/h9-10,13,17,19H,4-8,11-12,14H2,1-3H3,(H,28,31). The average molecular weight is 455 g/mol. The lowest BCUT2D eigenvalue weighted by Gasteiger charge is -2.43. The molecule has 1 aliphatic heterocycles. The smallest absolute Gasteiger partial charge is 0.267 e. The van der Waals surface area contributed by atoms with Crippen LogP contribution in [0.1, 0.15) is 71.8 Å². The number of aromatic nitrogens is 2. The molecule has 0 bridgehead atoms. The molecule has 1 N–H and O–H groups in total. The molecule has 2 heterocycles. The maximum atomic E-state index is 14.7. The van der Waals surface area contributed by atoms with E-state index < -0.39 is 17.8 Å². The molecule has 33 heavy (non-hydrogen) atoms. The van der Waals surface area contributed by atoms with Gasteiger partial charge >= 0.3 is 0 Å². The number of hydrogen-bond acceptors (Lipinski definition) is 4. The summed E-state index contributed by atoms with van der Waals surface area (Å²) in [5.74, 6) is -1.14. The lowest BCUT2D eigenvalue weighted by molar-refractivity contribution is -0.143. The molecule has 176 valence electrons. The van der Waals surface area contributed by atoms with E-state index in [-0.39, 0.29) is 23.1 Å². The predicted octanol–water partition coefficient (Wildman–Crippen LogP) is 3.12. The molecule has 2 fully saturated rings. The molecule has 1 unspecified atom stereocenters. The van der Waals surface area contributed by atoms with Gasteiger partial charge in [0.25, 0.3) is 11.5 Å². The number of nitrogens with one attached hydrogen (secondary N) is 1. The number of nitrogens with zero attached hydrogens (tertiary/aromatic N) is 3. The van der Waals surface area contributed by atoms with Crippen LogP contribution in [0.25, 0.3) is 0 Å². The van der Waals surface area contributed by atoms with Crippen LogP contribution in [0.5, 0.6) is 0 Å². The number of hydrogen-bond donors (Lipinski definition) is 1. The summed E-state index contributed by atoms with van der Waals surface area (Å²) in [7, 11) is 0. The van der Waals surface area contributed by atoms with Gasteiger partial charge in [0.2, 0.25) is 5.91 Å². The van der Waals surface area contributed by atoms with Crippen LogP contribution in [0.15, 0.2) is 23.0 Å². The van der Waals surface area contributed by atoms with E-state index >= 15 is 0 Å². The Labute approximate surface area is 193 Å². The van der Waals surface area contributed by atoms with Crippen molar-refractivity contribution in [2.45, 2.75) is 71.4 Å². The molecule has 4 rings (SSSR count). The molecule has 1 saturated heterocycles.